The SMILES string of the molecule is C[C@@H](CN)NC(=O)c1sccc1C1CC1. The van der Waals surface area contributed by atoms with E-state index >= 15 is 0 Å². The second-order valence-electron chi connectivity index (χ2n) is 4.09. The highest BCUT2D eigenvalue weighted by Crippen LogP contribution is 2.43. The molecule has 3 nitrogen and oxygen atoms in total. The molecule has 1 fully saturated rings. The maximum absolute atomic E-state index is 11.9. The first-order valence-electron chi connectivity index (χ1n) is 5.30. The third-order valence-electron chi connectivity index (χ3n) is 2.65. The summed E-state index contributed by atoms with van der Waals surface area (Å²) in [5, 5.41) is 4.90. The second kappa shape index (κ2) is 4.33. The molecule has 0 bridgehead atoms. The minimum absolute atomic E-state index is 0.0323. The second-order valence-corrected chi connectivity index (χ2v) is 5.01. The van der Waals surface area contributed by atoms with Crippen LogP contribution in [-0.4, -0.2) is 18.5 Å². The number of nitrogens with two attached hydrogens (primary N) is 1. The van der Waals surface area contributed by atoms with E-state index in [0.717, 1.165) is 4.88 Å². The maximum atomic E-state index is 11.9. The number of nitrogens with one attached hydrogen (secondary N) is 1. The lowest BCUT2D eigenvalue weighted by atomic mass is 10.1. The molecule has 1 atom stereocenters. The number of rotatable bonds is 4. The zero-order chi connectivity index (χ0) is 10.8. The predicted molar refractivity (Wildman–Crippen MR) is 62.3 cm³/mol. The summed E-state index contributed by atoms with van der Waals surface area (Å²) in [6.45, 7) is 2.40. The van der Waals surface area contributed by atoms with E-state index in [2.05, 4.69) is 11.4 Å². The van der Waals surface area contributed by atoms with Crippen molar-refractivity contribution in [2.24, 2.45) is 5.73 Å². The van der Waals surface area contributed by atoms with Gasteiger partial charge in [0.15, 0.2) is 0 Å². The molecule has 2 rings (SSSR count). The molecule has 0 radical (unpaired) electrons. The maximum Gasteiger partial charge on any atom is 0.261 e. The first kappa shape index (κ1) is 10.6. The highest BCUT2D eigenvalue weighted by Gasteiger charge is 2.29. The Morgan fingerprint density at radius 3 is 3.07 bits per heavy atom. The van der Waals surface area contributed by atoms with Gasteiger partial charge < -0.3 is 11.1 Å². The van der Waals surface area contributed by atoms with E-state index in [0.29, 0.717) is 12.5 Å². The van der Waals surface area contributed by atoms with E-state index in [4.69, 9.17) is 5.73 Å². The lowest BCUT2D eigenvalue weighted by Gasteiger charge is -2.11. The van der Waals surface area contributed by atoms with Gasteiger partial charge in [0.2, 0.25) is 0 Å². The molecular formula is C11H16N2OS. The Morgan fingerprint density at radius 2 is 2.47 bits per heavy atom. The normalized spacial score (nSPS) is 17.5. The molecule has 1 aromatic rings. The highest BCUT2D eigenvalue weighted by molar-refractivity contribution is 7.12. The van der Waals surface area contributed by atoms with Crippen LogP contribution in [0.25, 0.3) is 0 Å². The molecule has 1 aromatic heterocycles. The summed E-state index contributed by atoms with van der Waals surface area (Å²) in [6.07, 6.45) is 2.45. The van der Waals surface area contributed by atoms with Crippen molar-refractivity contribution in [1.29, 1.82) is 0 Å². The topological polar surface area (TPSA) is 55.1 Å². The molecule has 0 aliphatic heterocycles. The molecule has 82 valence electrons. The summed E-state index contributed by atoms with van der Waals surface area (Å²) in [4.78, 5) is 12.7. The summed E-state index contributed by atoms with van der Waals surface area (Å²) in [5.74, 6) is 0.662. The average Bonchev–Trinajstić information content (AvgIpc) is 2.95. The Kier molecular flexibility index (Phi) is 3.07. The van der Waals surface area contributed by atoms with Gasteiger partial charge in [0.1, 0.15) is 0 Å². The fourth-order valence-corrected chi connectivity index (χ4v) is 2.46. The van der Waals surface area contributed by atoms with Crippen molar-refractivity contribution in [3.05, 3.63) is 21.9 Å². The summed E-state index contributed by atoms with van der Waals surface area (Å²) < 4.78 is 0. The highest BCUT2D eigenvalue weighted by atomic mass is 32.1. The van der Waals surface area contributed by atoms with Gasteiger partial charge in [-0.3, -0.25) is 4.79 Å². The molecule has 4 heteroatoms. The number of hydrogen-bond donors (Lipinski definition) is 2. The van der Waals surface area contributed by atoms with Crippen LogP contribution in [0.2, 0.25) is 0 Å². The molecule has 15 heavy (non-hydrogen) atoms. The lowest BCUT2D eigenvalue weighted by molar-refractivity contribution is 0.0944. The fraction of sp³-hybridized carbons (Fsp3) is 0.545. The molecule has 3 N–H and O–H groups in total. The molecule has 1 amide bonds. The Labute approximate surface area is 93.7 Å². The van der Waals surface area contributed by atoms with E-state index in [9.17, 15) is 4.79 Å². The standard InChI is InChI=1S/C11H16N2OS/c1-7(6-12)13-11(14)10-9(4-5-15-10)8-2-3-8/h4-5,7-8H,2-3,6,12H2,1H3,(H,13,14)/t7-/m0/s1. The zero-order valence-electron chi connectivity index (χ0n) is 8.82. The minimum atomic E-state index is 0.0323. The lowest BCUT2D eigenvalue weighted by Crippen LogP contribution is -2.37. The van der Waals surface area contributed by atoms with Gasteiger partial charge in [0, 0.05) is 12.6 Å². The summed E-state index contributed by atoms with van der Waals surface area (Å²) in [6, 6.07) is 2.12. The quantitative estimate of drug-likeness (QED) is 0.818. The van der Waals surface area contributed by atoms with Gasteiger partial charge in [-0.25, -0.2) is 0 Å². The van der Waals surface area contributed by atoms with Crippen LogP contribution in [0.4, 0.5) is 0 Å². The summed E-state index contributed by atoms with van der Waals surface area (Å²) in [5.41, 5.74) is 6.70. The zero-order valence-corrected chi connectivity index (χ0v) is 9.64. The third-order valence-corrected chi connectivity index (χ3v) is 3.58. The van der Waals surface area contributed by atoms with Crippen molar-refractivity contribution >= 4 is 17.2 Å². The summed E-state index contributed by atoms with van der Waals surface area (Å²) >= 11 is 1.53. The van der Waals surface area contributed by atoms with Crippen LogP contribution in [0.1, 0.15) is 40.9 Å². The smallest absolute Gasteiger partial charge is 0.261 e. The van der Waals surface area contributed by atoms with E-state index in [1.165, 1.54) is 29.7 Å². The third kappa shape index (κ3) is 2.38. The first-order valence-corrected chi connectivity index (χ1v) is 6.18. The first-order chi connectivity index (χ1) is 7.22. The monoisotopic (exact) mass is 224 g/mol. The number of amides is 1. The van der Waals surface area contributed by atoms with Crippen LogP contribution in [0.3, 0.4) is 0 Å². The Hall–Kier alpha value is -0.870. The van der Waals surface area contributed by atoms with Crippen LogP contribution in [0.5, 0.6) is 0 Å². The van der Waals surface area contributed by atoms with E-state index in [-0.39, 0.29) is 11.9 Å². The van der Waals surface area contributed by atoms with Crippen molar-refractivity contribution in [3.8, 4) is 0 Å². The molecule has 0 unspecified atom stereocenters. The van der Waals surface area contributed by atoms with Gasteiger partial charge in [-0.15, -0.1) is 11.3 Å². The van der Waals surface area contributed by atoms with E-state index < -0.39 is 0 Å². The van der Waals surface area contributed by atoms with Crippen LogP contribution in [0.15, 0.2) is 11.4 Å². The van der Waals surface area contributed by atoms with Gasteiger partial charge in [0.05, 0.1) is 4.88 Å². The molecule has 1 aliphatic carbocycles. The van der Waals surface area contributed by atoms with Crippen LogP contribution < -0.4 is 11.1 Å². The van der Waals surface area contributed by atoms with Crippen LogP contribution in [-0.2, 0) is 0 Å². The summed E-state index contributed by atoms with van der Waals surface area (Å²) in [7, 11) is 0. The van der Waals surface area contributed by atoms with Gasteiger partial charge in [-0.05, 0) is 42.7 Å². The molecule has 1 saturated carbocycles. The van der Waals surface area contributed by atoms with E-state index in [1.807, 2.05) is 12.3 Å². The average molecular weight is 224 g/mol. The molecule has 0 saturated heterocycles. The van der Waals surface area contributed by atoms with Gasteiger partial charge in [0.25, 0.3) is 5.91 Å². The number of hydrogen-bond acceptors (Lipinski definition) is 3. The largest absolute Gasteiger partial charge is 0.348 e. The predicted octanol–water partition coefficient (Wildman–Crippen LogP) is 1.70. The van der Waals surface area contributed by atoms with Gasteiger partial charge >= 0.3 is 0 Å². The molecule has 0 aromatic carbocycles. The molecule has 1 aliphatic rings. The number of thiophene rings is 1. The minimum Gasteiger partial charge on any atom is -0.348 e. The van der Waals surface area contributed by atoms with Crippen LogP contribution in [0, 0.1) is 0 Å². The number of carbonyl (C=O) groups is 1. The Bertz CT molecular complexity index is 357. The Balaban J connectivity index is 2.07. The van der Waals surface area contributed by atoms with Gasteiger partial charge in [-0.1, -0.05) is 0 Å². The van der Waals surface area contributed by atoms with Crippen molar-refractivity contribution in [2.75, 3.05) is 6.54 Å². The van der Waals surface area contributed by atoms with Crippen molar-refractivity contribution in [2.45, 2.75) is 31.7 Å². The Morgan fingerprint density at radius 1 is 1.73 bits per heavy atom. The van der Waals surface area contributed by atoms with Crippen molar-refractivity contribution < 1.29 is 4.79 Å². The number of carbonyl (C=O) groups excluding carboxylic acids is 1. The molecular weight excluding hydrogens is 208 g/mol. The van der Waals surface area contributed by atoms with E-state index in [1.54, 1.807) is 0 Å². The molecule has 1 heterocycles. The fourth-order valence-electron chi connectivity index (χ4n) is 1.57. The molecule has 0 spiro atoms. The van der Waals surface area contributed by atoms with Gasteiger partial charge in [-0.2, -0.15) is 0 Å². The van der Waals surface area contributed by atoms with Crippen molar-refractivity contribution in [3.63, 3.8) is 0 Å². The van der Waals surface area contributed by atoms with Crippen LogP contribution >= 0.6 is 11.3 Å². The van der Waals surface area contributed by atoms with Crippen molar-refractivity contribution in [1.82, 2.24) is 5.32 Å².